The average Bonchev–Trinajstić information content (AvgIpc) is 2.62. The molecule has 3 rings (SSSR count). The van der Waals surface area contributed by atoms with E-state index in [-0.39, 0.29) is 23.6 Å². The Morgan fingerprint density at radius 2 is 1.72 bits per heavy atom. The van der Waals surface area contributed by atoms with Crippen LogP contribution in [0.4, 0.5) is 4.39 Å². The number of carbonyl (C=O) groups excluding carboxylic acids is 1. The molecular formula is C20H24FNO3. The molecule has 0 radical (unpaired) electrons. The topological polar surface area (TPSA) is 57.6 Å². The Morgan fingerprint density at radius 3 is 2.32 bits per heavy atom. The molecule has 2 fully saturated rings. The molecule has 0 spiro atoms. The van der Waals surface area contributed by atoms with Crippen molar-refractivity contribution < 1.29 is 19.1 Å². The summed E-state index contributed by atoms with van der Waals surface area (Å²) >= 11 is 0. The van der Waals surface area contributed by atoms with Crippen LogP contribution >= 0.6 is 0 Å². The van der Waals surface area contributed by atoms with Gasteiger partial charge in [-0.2, -0.15) is 0 Å². The summed E-state index contributed by atoms with van der Waals surface area (Å²) in [5.74, 6) is -1.11. The fourth-order valence-electron chi connectivity index (χ4n) is 3.84. The van der Waals surface area contributed by atoms with Gasteiger partial charge in [-0.25, -0.2) is 4.39 Å². The van der Waals surface area contributed by atoms with Crippen LogP contribution in [0.15, 0.2) is 29.8 Å². The maximum Gasteiger partial charge on any atom is 0.306 e. The third-order valence-corrected chi connectivity index (χ3v) is 5.36. The van der Waals surface area contributed by atoms with Gasteiger partial charge < -0.3 is 10.0 Å². The highest BCUT2D eigenvalue weighted by Gasteiger charge is 2.32. The zero-order valence-corrected chi connectivity index (χ0v) is 14.3. The lowest BCUT2D eigenvalue weighted by atomic mass is 9.81. The van der Waals surface area contributed by atoms with Crippen molar-refractivity contribution in [2.45, 2.75) is 38.5 Å². The number of likely N-dealkylation sites (tertiary alicyclic amines) is 1. The van der Waals surface area contributed by atoms with E-state index in [4.69, 9.17) is 5.11 Å². The van der Waals surface area contributed by atoms with Crippen LogP contribution in [0.1, 0.15) is 44.1 Å². The van der Waals surface area contributed by atoms with Gasteiger partial charge in [0, 0.05) is 19.0 Å². The molecule has 0 aromatic heterocycles. The summed E-state index contributed by atoms with van der Waals surface area (Å²) in [4.78, 5) is 25.6. The minimum Gasteiger partial charge on any atom is -0.481 e. The zero-order chi connectivity index (χ0) is 17.8. The Balaban J connectivity index is 1.52. The molecule has 2 aliphatic rings. The monoisotopic (exact) mass is 345 g/mol. The van der Waals surface area contributed by atoms with Gasteiger partial charge in [-0.3, -0.25) is 9.59 Å². The Labute approximate surface area is 147 Å². The van der Waals surface area contributed by atoms with Gasteiger partial charge in [0.05, 0.1) is 5.92 Å². The number of carbonyl (C=O) groups is 2. The van der Waals surface area contributed by atoms with Crippen molar-refractivity contribution in [1.82, 2.24) is 4.90 Å². The van der Waals surface area contributed by atoms with Crippen molar-refractivity contribution in [2.75, 3.05) is 13.1 Å². The summed E-state index contributed by atoms with van der Waals surface area (Å²) in [6.45, 7) is 1.39. The minimum atomic E-state index is -0.740. The van der Waals surface area contributed by atoms with Crippen molar-refractivity contribution in [1.29, 1.82) is 0 Å². The van der Waals surface area contributed by atoms with E-state index in [9.17, 15) is 14.0 Å². The third-order valence-electron chi connectivity index (χ3n) is 5.36. The molecule has 4 nitrogen and oxygen atoms in total. The van der Waals surface area contributed by atoms with Crippen molar-refractivity contribution in [3.8, 4) is 0 Å². The number of halogens is 1. The Bertz CT molecular complexity index is 667. The number of benzene rings is 1. The van der Waals surface area contributed by atoms with Crippen LogP contribution in [0.2, 0.25) is 0 Å². The highest BCUT2D eigenvalue weighted by Crippen LogP contribution is 2.31. The summed E-state index contributed by atoms with van der Waals surface area (Å²) in [6, 6.07) is 6.54. The van der Waals surface area contributed by atoms with Crippen molar-refractivity contribution in [3.05, 3.63) is 41.2 Å². The first-order valence-corrected chi connectivity index (χ1v) is 8.99. The molecule has 1 saturated carbocycles. The summed E-state index contributed by atoms with van der Waals surface area (Å²) < 4.78 is 13.3. The molecule has 25 heavy (non-hydrogen) atoms. The number of carboxylic acid groups (broad SMARTS) is 1. The van der Waals surface area contributed by atoms with Crippen LogP contribution in [0.25, 0.3) is 6.08 Å². The summed E-state index contributed by atoms with van der Waals surface area (Å²) in [5.41, 5.74) is 2.10. The van der Waals surface area contributed by atoms with Crippen molar-refractivity contribution in [2.24, 2.45) is 11.8 Å². The molecule has 1 aromatic carbocycles. The van der Waals surface area contributed by atoms with Gasteiger partial charge in [-0.15, -0.1) is 0 Å². The number of nitrogens with zero attached hydrogens (tertiary/aromatic N) is 1. The number of carboxylic acids is 1. The molecule has 1 aromatic rings. The number of rotatable bonds is 3. The van der Waals surface area contributed by atoms with E-state index in [1.54, 1.807) is 6.07 Å². The molecule has 1 heterocycles. The SMILES string of the molecule is O=C(O)C1CCC(C(=O)N2CCC(=Cc3cccc(F)c3)CC2)CC1. The minimum absolute atomic E-state index is 0.0238. The Morgan fingerprint density at radius 1 is 1.08 bits per heavy atom. The molecule has 0 bridgehead atoms. The highest BCUT2D eigenvalue weighted by atomic mass is 19.1. The lowest BCUT2D eigenvalue weighted by molar-refractivity contribution is -0.145. The van der Waals surface area contributed by atoms with Crippen LogP contribution < -0.4 is 0 Å². The van der Waals surface area contributed by atoms with Gasteiger partial charge in [0.1, 0.15) is 5.82 Å². The van der Waals surface area contributed by atoms with E-state index in [2.05, 4.69) is 0 Å². The lowest BCUT2D eigenvalue weighted by Crippen LogP contribution is -2.41. The van der Waals surface area contributed by atoms with Gasteiger partial charge in [-0.05, 0) is 56.2 Å². The fourth-order valence-corrected chi connectivity index (χ4v) is 3.84. The number of amides is 1. The first-order chi connectivity index (χ1) is 12.0. The van der Waals surface area contributed by atoms with Gasteiger partial charge in [-0.1, -0.05) is 23.8 Å². The molecule has 0 atom stereocenters. The van der Waals surface area contributed by atoms with Crippen LogP contribution in [-0.2, 0) is 9.59 Å². The summed E-state index contributed by atoms with van der Waals surface area (Å²) in [7, 11) is 0. The molecule has 0 unspecified atom stereocenters. The number of hydrogen-bond acceptors (Lipinski definition) is 2. The average molecular weight is 345 g/mol. The smallest absolute Gasteiger partial charge is 0.306 e. The lowest BCUT2D eigenvalue weighted by Gasteiger charge is -2.34. The van der Waals surface area contributed by atoms with E-state index >= 15 is 0 Å². The normalized spacial score (nSPS) is 24.0. The molecule has 1 aliphatic heterocycles. The van der Waals surface area contributed by atoms with E-state index in [0.717, 1.165) is 18.4 Å². The van der Waals surface area contributed by atoms with Crippen molar-refractivity contribution in [3.63, 3.8) is 0 Å². The largest absolute Gasteiger partial charge is 0.481 e. The molecule has 1 N–H and O–H groups in total. The molecule has 1 saturated heterocycles. The number of hydrogen-bond donors (Lipinski definition) is 1. The van der Waals surface area contributed by atoms with E-state index < -0.39 is 5.97 Å². The molecule has 134 valence electrons. The van der Waals surface area contributed by atoms with Gasteiger partial charge >= 0.3 is 5.97 Å². The standard InChI is InChI=1S/C20H24FNO3/c21-18-3-1-2-15(13-18)12-14-8-10-22(11-9-14)19(23)16-4-6-17(7-5-16)20(24)25/h1-3,12-13,16-17H,4-11H2,(H,24,25). The second-order valence-electron chi connectivity index (χ2n) is 7.07. The first-order valence-electron chi connectivity index (χ1n) is 8.99. The van der Waals surface area contributed by atoms with Crippen LogP contribution in [0, 0.1) is 17.7 Å². The summed E-state index contributed by atoms with van der Waals surface area (Å²) in [6.07, 6.45) is 6.20. The number of aliphatic carboxylic acids is 1. The maximum atomic E-state index is 13.3. The molecular weight excluding hydrogens is 321 g/mol. The predicted octanol–water partition coefficient (Wildman–Crippen LogP) is 3.72. The van der Waals surface area contributed by atoms with Crippen LogP contribution in [0.3, 0.4) is 0 Å². The second kappa shape index (κ2) is 7.81. The third kappa shape index (κ3) is 4.47. The maximum absolute atomic E-state index is 13.3. The Hall–Kier alpha value is -2.17. The van der Waals surface area contributed by atoms with Crippen LogP contribution in [0.5, 0.6) is 0 Å². The fraction of sp³-hybridized carbons (Fsp3) is 0.500. The van der Waals surface area contributed by atoms with Crippen LogP contribution in [-0.4, -0.2) is 35.0 Å². The zero-order valence-electron chi connectivity index (χ0n) is 14.3. The van der Waals surface area contributed by atoms with Gasteiger partial charge in [0.15, 0.2) is 0 Å². The van der Waals surface area contributed by atoms with E-state index in [1.807, 2.05) is 17.0 Å². The van der Waals surface area contributed by atoms with Gasteiger partial charge in [0.25, 0.3) is 0 Å². The highest BCUT2D eigenvalue weighted by molar-refractivity contribution is 5.79. The van der Waals surface area contributed by atoms with Crippen molar-refractivity contribution >= 4 is 18.0 Å². The Kier molecular flexibility index (Phi) is 5.51. The molecule has 1 amide bonds. The number of piperidine rings is 1. The van der Waals surface area contributed by atoms with E-state index in [0.29, 0.717) is 38.8 Å². The quantitative estimate of drug-likeness (QED) is 0.908. The second-order valence-corrected chi connectivity index (χ2v) is 7.07. The molecule has 1 aliphatic carbocycles. The predicted molar refractivity (Wildman–Crippen MR) is 93.3 cm³/mol. The van der Waals surface area contributed by atoms with E-state index in [1.165, 1.54) is 17.7 Å². The summed E-state index contributed by atoms with van der Waals surface area (Å²) in [5, 5.41) is 9.05. The first kappa shape index (κ1) is 17.6. The molecule has 5 heteroatoms. The van der Waals surface area contributed by atoms with Gasteiger partial charge in [0.2, 0.25) is 5.91 Å².